The third-order valence-electron chi connectivity index (χ3n) is 7.06. The third-order valence-corrected chi connectivity index (χ3v) is 7.06. The number of rotatable bonds is 4. The summed E-state index contributed by atoms with van der Waals surface area (Å²) in [5, 5.41) is 12.8. The molecule has 2 aliphatic heterocycles. The highest BCUT2D eigenvalue weighted by atomic mass is 16.3. The molecular formula is C26H32N4O2. The lowest BCUT2D eigenvalue weighted by Crippen LogP contribution is -2.32. The molecule has 0 bridgehead atoms. The summed E-state index contributed by atoms with van der Waals surface area (Å²) >= 11 is 0. The normalized spacial score (nSPS) is 18.7. The van der Waals surface area contributed by atoms with Crippen LogP contribution in [0.15, 0.2) is 36.5 Å². The number of amides is 1. The van der Waals surface area contributed by atoms with Crippen molar-refractivity contribution >= 4 is 16.8 Å². The molecule has 1 fully saturated rings. The van der Waals surface area contributed by atoms with Gasteiger partial charge >= 0.3 is 0 Å². The fourth-order valence-electron chi connectivity index (χ4n) is 5.20. The van der Waals surface area contributed by atoms with Gasteiger partial charge in [0.2, 0.25) is 0 Å². The number of pyridine rings is 1. The van der Waals surface area contributed by atoms with Crippen LogP contribution in [0.25, 0.3) is 10.9 Å². The molecule has 168 valence electrons. The topological polar surface area (TPSA) is 61.6 Å². The Hall–Kier alpha value is -2.70. The number of likely N-dealkylation sites (tertiary alicyclic amines) is 1. The number of hydrogen-bond donors (Lipinski definition) is 1. The van der Waals surface area contributed by atoms with E-state index in [9.17, 15) is 9.90 Å². The molecule has 0 aliphatic carbocycles. The van der Waals surface area contributed by atoms with E-state index in [4.69, 9.17) is 0 Å². The summed E-state index contributed by atoms with van der Waals surface area (Å²) in [6, 6.07) is 10.2. The van der Waals surface area contributed by atoms with Crippen LogP contribution < -0.4 is 0 Å². The van der Waals surface area contributed by atoms with Gasteiger partial charge in [0.15, 0.2) is 0 Å². The number of hydrogen-bond acceptors (Lipinski definition) is 4. The van der Waals surface area contributed by atoms with E-state index in [1.165, 1.54) is 27.7 Å². The molecule has 32 heavy (non-hydrogen) atoms. The molecule has 5 rings (SSSR count). The number of nitrogens with zero attached hydrogens (tertiary/aromatic N) is 4. The van der Waals surface area contributed by atoms with Gasteiger partial charge in [0.1, 0.15) is 11.3 Å². The number of carbonyl (C=O) groups excluding carboxylic acids is 1. The van der Waals surface area contributed by atoms with Crippen LogP contribution >= 0.6 is 0 Å². The lowest BCUT2D eigenvalue weighted by atomic mass is 9.97. The lowest BCUT2D eigenvalue weighted by molar-refractivity contribution is 0.0380. The van der Waals surface area contributed by atoms with Gasteiger partial charge in [-0.15, -0.1) is 0 Å². The van der Waals surface area contributed by atoms with E-state index in [0.29, 0.717) is 12.2 Å². The molecule has 6 nitrogen and oxygen atoms in total. The Kier molecular flexibility index (Phi) is 5.30. The van der Waals surface area contributed by atoms with E-state index in [1.54, 1.807) is 12.3 Å². The molecule has 2 aliphatic rings. The number of aryl methyl sites for hydroxylation is 1. The molecule has 0 radical (unpaired) electrons. The standard InChI is InChI=1S/C26H32N4O2/c1-18-6-9-23-20(14-18)21-16-28(3)13-10-24(21)30(23)17-26(2,32)19-7-8-22(27-15-19)25(31)29-11-4-5-12-29/h6-9,14-15,32H,4-5,10-13,16-17H2,1-3H3. The van der Waals surface area contributed by atoms with Crippen molar-refractivity contribution in [3.05, 3.63) is 64.6 Å². The largest absolute Gasteiger partial charge is 0.384 e. The lowest BCUT2D eigenvalue weighted by Gasteiger charge is -2.29. The van der Waals surface area contributed by atoms with Crippen molar-refractivity contribution in [1.29, 1.82) is 0 Å². The second-order valence-corrected chi connectivity index (χ2v) is 9.73. The van der Waals surface area contributed by atoms with Crippen molar-refractivity contribution in [3.63, 3.8) is 0 Å². The smallest absolute Gasteiger partial charge is 0.272 e. The van der Waals surface area contributed by atoms with Gasteiger partial charge in [-0.2, -0.15) is 0 Å². The summed E-state index contributed by atoms with van der Waals surface area (Å²) < 4.78 is 2.29. The SMILES string of the molecule is Cc1ccc2c(c1)c1c(n2CC(C)(O)c2ccc(C(=O)N3CCCC3)nc2)CCN(C)C1. The minimum atomic E-state index is -1.10. The fraction of sp³-hybridized carbons (Fsp3) is 0.462. The molecular weight excluding hydrogens is 400 g/mol. The van der Waals surface area contributed by atoms with Gasteiger partial charge < -0.3 is 19.5 Å². The molecule has 6 heteroatoms. The predicted octanol–water partition coefficient (Wildman–Crippen LogP) is 3.48. The predicted molar refractivity (Wildman–Crippen MR) is 126 cm³/mol. The Labute approximate surface area is 189 Å². The molecule has 0 spiro atoms. The quantitative estimate of drug-likeness (QED) is 0.686. The van der Waals surface area contributed by atoms with Crippen molar-refractivity contribution in [2.45, 2.75) is 51.8 Å². The van der Waals surface area contributed by atoms with Crippen LogP contribution in [0.3, 0.4) is 0 Å². The second-order valence-electron chi connectivity index (χ2n) is 9.73. The van der Waals surface area contributed by atoms with Crippen LogP contribution in [-0.4, -0.2) is 57.0 Å². The number of aliphatic hydroxyl groups is 1. The average molecular weight is 433 g/mol. The molecule has 1 aromatic carbocycles. The van der Waals surface area contributed by atoms with E-state index in [-0.39, 0.29) is 5.91 Å². The van der Waals surface area contributed by atoms with Crippen molar-refractivity contribution in [2.24, 2.45) is 0 Å². The monoisotopic (exact) mass is 432 g/mol. The highest BCUT2D eigenvalue weighted by Crippen LogP contribution is 2.34. The maximum absolute atomic E-state index is 12.6. The minimum absolute atomic E-state index is 0.0151. The molecule has 1 saturated heterocycles. The zero-order valence-corrected chi connectivity index (χ0v) is 19.3. The highest BCUT2D eigenvalue weighted by Gasteiger charge is 2.30. The molecule has 3 aromatic rings. The average Bonchev–Trinajstić information content (AvgIpc) is 3.41. The molecule has 1 atom stereocenters. The summed E-state index contributed by atoms with van der Waals surface area (Å²) in [5.74, 6) is -0.0151. The number of fused-ring (bicyclic) bond motifs is 3. The Balaban J connectivity index is 1.46. The molecule has 4 heterocycles. The Morgan fingerprint density at radius 3 is 2.66 bits per heavy atom. The van der Waals surface area contributed by atoms with Gasteiger partial charge in [-0.25, -0.2) is 0 Å². The van der Waals surface area contributed by atoms with E-state index >= 15 is 0 Å². The van der Waals surface area contributed by atoms with Crippen LogP contribution in [0, 0.1) is 6.92 Å². The third kappa shape index (κ3) is 3.71. The first-order valence-electron chi connectivity index (χ1n) is 11.6. The highest BCUT2D eigenvalue weighted by molar-refractivity contribution is 5.92. The molecule has 1 amide bonds. The van der Waals surface area contributed by atoms with E-state index in [1.807, 2.05) is 17.9 Å². The van der Waals surface area contributed by atoms with Gasteiger partial charge in [-0.3, -0.25) is 9.78 Å². The summed E-state index contributed by atoms with van der Waals surface area (Å²) in [6.45, 7) is 7.97. The first kappa shape index (κ1) is 21.2. The van der Waals surface area contributed by atoms with Crippen LogP contribution in [0.1, 0.15) is 52.6 Å². The summed E-state index contributed by atoms with van der Waals surface area (Å²) in [5.41, 5.74) is 5.19. The molecule has 1 unspecified atom stereocenters. The van der Waals surface area contributed by atoms with Crippen molar-refractivity contribution in [1.82, 2.24) is 19.4 Å². The molecule has 0 saturated carbocycles. The number of carbonyl (C=O) groups is 1. The van der Waals surface area contributed by atoms with Crippen molar-refractivity contribution in [3.8, 4) is 0 Å². The van der Waals surface area contributed by atoms with E-state index < -0.39 is 5.60 Å². The Morgan fingerprint density at radius 2 is 1.94 bits per heavy atom. The summed E-state index contributed by atoms with van der Waals surface area (Å²) in [7, 11) is 2.16. The zero-order chi connectivity index (χ0) is 22.5. The van der Waals surface area contributed by atoms with Gasteiger partial charge in [-0.05, 0) is 57.5 Å². The van der Waals surface area contributed by atoms with E-state index in [0.717, 1.165) is 51.0 Å². The van der Waals surface area contributed by atoms with Gasteiger partial charge in [0, 0.05) is 61.0 Å². The van der Waals surface area contributed by atoms with Crippen molar-refractivity contribution in [2.75, 3.05) is 26.7 Å². The minimum Gasteiger partial charge on any atom is -0.384 e. The van der Waals surface area contributed by atoms with Crippen LogP contribution in [-0.2, 0) is 25.1 Å². The van der Waals surface area contributed by atoms with Crippen LogP contribution in [0.2, 0.25) is 0 Å². The number of benzene rings is 1. The Bertz CT molecular complexity index is 1160. The van der Waals surface area contributed by atoms with Gasteiger partial charge in [0.25, 0.3) is 5.91 Å². The number of aromatic nitrogens is 2. The molecule has 2 aromatic heterocycles. The summed E-state index contributed by atoms with van der Waals surface area (Å²) in [4.78, 5) is 21.3. The number of likely N-dealkylation sites (N-methyl/N-ethyl adjacent to an activating group) is 1. The first-order valence-corrected chi connectivity index (χ1v) is 11.6. The fourth-order valence-corrected chi connectivity index (χ4v) is 5.20. The van der Waals surface area contributed by atoms with Crippen molar-refractivity contribution < 1.29 is 9.90 Å². The second kappa shape index (κ2) is 8.01. The summed E-state index contributed by atoms with van der Waals surface area (Å²) in [6.07, 6.45) is 4.75. The molecule has 1 N–H and O–H groups in total. The van der Waals surface area contributed by atoms with Crippen LogP contribution in [0.4, 0.5) is 0 Å². The van der Waals surface area contributed by atoms with Crippen LogP contribution in [0.5, 0.6) is 0 Å². The zero-order valence-electron chi connectivity index (χ0n) is 19.3. The van der Waals surface area contributed by atoms with Gasteiger partial charge in [0.05, 0.1) is 6.54 Å². The van der Waals surface area contributed by atoms with Gasteiger partial charge in [-0.1, -0.05) is 17.7 Å². The maximum atomic E-state index is 12.6. The van der Waals surface area contributed by atoms with E-state index in [2.05, 4.69) is 46.6 Å². The maximum Gasteiger partial charge on any atom is 0.272 e. The first-order chi connectivity index (χ1) is 15.3. The Morgan fingerprint density at radius 1 is 1.16 bits per heavy atom.